The molecule has 3 atom stereocenters. The van der Waals surface area contributed by atoms with Crippen LogP contribution >= 0.6 is 0 Å². The van der Waals surface area contributed by atoms with E-state index in [-0.39, 0.29) is 0 Å². The van der Waals surface area contributed by atoms with Crippen molar-refractivity contribution in [2.24, 2.45) is 17.8 Å². The van der Waals surface area contributed by atoms with Gasteiger partial charge >= 0.3 is 0 Å². The number of hydrogen-bond donors (Lipinski definition) is 1. The third-order valence-corrected chi connectivity index (χ3v) is 3.37. The second-order valence-corrected chi connectivity index (χ2v) is 3.99. The Bertz CT molecular complexity index is 138. The van der Waals surface area contributed by atoms with Crippen molar-refractivity contribution in [1.29, 1.82) is 0 Å². The predicted octanol–water partition coefficient (Wildman–Crippen LogP) is 1.57. The van der Waals surface area contributed by atoms with Crippen molar-refractivity contribution in [3.05, 3.63) is 0 Å². The highest BCUT2D eigenvalue weighted by Gasteiger charge is 2.38. The minimum atomic E-state index is 0.911. The third-order valence-electron chi connectivity index (χ3n) is 3.37. The van der Waals surface area contributed by atoms with Gasteiger partial charge in [-0.05, 0) is 37.0 Å². The van der Waals surface area contributed by atoms with E-state index in [1.807, 2.05) is 0 Å². The molecule has 64 valence electrons. The normalized spacial score (nSPS) is 41.7. The molecule has 0 aromatic heterocycles. The lowest BCUT2D eigenvalue weighted by atomic mass is 9.89. The summed E-state index contributed by atoms with van der Waals surface area (Å²) in [5.41, 5.74) is 2.98. The summed E-state index contributed by atoms with van der Waals surface area (Å²) in [7, 11) is 1.70. The molecule has 1 N–H and O–H groups in total. The van der Waals surface area contributed by atoms with E-state index in [1.165, 1.54) is 25.7 Å². The zero-order valence-electron chi connectivity index (χ0n) is 7.18. The van der Waals surface area contributed by atoms with E-state index < -0.39 is 0 Å². The van der Waals surface area contributed by atoms with Crippen molar-refractivity contribution in [3.8, 4) is 0 Å². The molecule has 0 heterocycles. The molecular formula is C9H17NO. The maximum absolute atomic E-state index is 4.86. The Labute approximate surface area is 68.3 Å². The Morgan fingerprint density at radius 3 is 2.82 bits per heavy atom. The minimum Gasteiger partial charge on any atom is -0.305 e. The van der Waals surface area contributed by atoms with Crippen LogP contribution in [0.15, 0.2) is 0 Å². The summed E-state index contributed by atoms with van der Waals surface area (Å²) in [5.74, 6) is 2.99. The van der Waals surface area contributed by atoms with Gasteiger partial charge in [0.25, 0.3) is 0 Å². The van der Waals surface area contributed by atoms with Crippen LogP contribution in [0.2, 0.25) is 0 Å². The SMILES string of the molecule is CONC[C@@H]1C[C@H]2CC[C@H]1C2. The number of hydrogen-bond acceptors (Lipinski definition) is 2. The van der Waals surface area contributed by atoms with Crippen LogP contribution in [-0.2, 0) is 4.84 Å². The van der Waals surface area contributed by atoms with Crippen LogP contribution in [0, 0.1) is 17.8 Å². The summed E-state index contributed by atoms with van der Waals surface area (Å²) in [6, 6.07) is 0. The first-order chi connectivity index (χ1) is 5.40. The Balaban J connectivity index is 1.78. The fourth-order valence-corrected chi connectivity index (χ4v) is 2.82. The zero-order valence-corrected chi connectivity index (χ0v) is 7.18. The lowest BCUT2D eigenvalue weighted by Crippen LogP contribution is -2.25. The van der Waals surface area contributed by atoms with E-state index in [1.54, 1.807) is 7.11 Å². The molecule has 0 radical (unpaired) electrons. The molecule has 2 bridgehead atoms. The van der Waals surface area contributed by atoms with Gasteiger partial charge in [-0.15, -0.1) is 0 Å². The van der Waals surface area contributed by atoms with Crippen molar-refractivity contribution in [2.45, 2.75) is 25.7 Å². The predicted molar refractivity (Wildman–Crippen MR) is 43.9 cm³/mol. The molecule has 11 heavy (non-hydrogen) atoms. The molecule has 2 aliphatic rings. The molecule has 2 saturated carbocycles. The van der Waals surface area contributed by atoms with Gasteiger partial charge in [-0.1, -0.05) is 6.42 Å². The summed E-state index contributed by atoms with van der Waals surface area (Å²) in [5, 5.41) is 0. The molecule has 0 saturated heterocycles. The lowest BCUT2D eigenvalue weighted by molar-refractivity contribution is 0.0716. The summed E-state index contributed by atoms with van der Waals surface area (Å²) < 4.78 is 0. The fourth-order valence-electron chi connectivity index (χ4n) is 2.82. The van der Waals surface area contributed by atoms with Gasteiger partial charge in [-0.2, -0.15) is 0 Å². The van der Waals surface area contributed by atoms with Gasteiger partial charge in [0.1, 0.15) is 0 Å². The van der Waals surface area contributed by atoms with E-state index in [2.05, 4.69) is 5.48 Å². The zero-order chi connectivity index (χ0) is 7.68. The molecule has 2 aliphatic carbocycles. The standard InChI is InChI=1S/C9H17NO/c1-11-10-6-9-5-7-2-3-8(9)4-7/h7-10H,2-6H2,1H3/t7-,8-,9-/m0/s1. The van der Waals surface area contributed by atoms with Gasteiger partial charge < -0.3 is 4.84 Å². The maximum atomic E-state index is 4.86. The second-order valence-electron chi connectivity index (χ2n) is 3.99. The molecule has 0 aromatic carbocycles. The Hall–Kier alpha value is -0.0800. The largest absolute Gasteiger partial charge is 0.305 e. The van der Waals surface area contributed by atoms with Gasteiger partial charge in [0.05, 0.1) is 7.11 Å². The Kier molecular flexibility index (Phi) is 2.14. The van der Waals surface area contributed by atoms with Crippen LogP contribution in [0.1, 0.15) is 25.7 Å². The molecule has 0 aromatic rings. The molecule has 0 spiro atoms. The van der Waals surface area contributed by atoms with Gasteiger partial charge in [0, 0.05) is 6.54 Å². The molecule has 2 heteroatoms. The Morgan fingerprint density at radius 2 is 2.27 bits per heavy atom. The smallest absolute Gasteiger partial charge is 0.0572 e. The topological polar surface area (TPSA) is 21.3 Å². The molecule has 2 fully saturated rings. The third kappa shape index (κ3) is 1.42. The van der Waals surface area contributed by atoms with Gasteiger partial charge in [-0.25, -0.2) is 5.48 Å². The monoisotopic (exact) mass is 155 g/mol. The van der Waals surface area contributed by atoms with E-state index >= 15 is 0 Å². The summed E-state index contributed by atoms with van der Waals surface area (Å²) in [6.45, 7) is 1.07. The van der Waals surface area contributed by atoms with Crippen molar-refractivity contribution in [3.63, 3.8) is 0 Å². The van der Waals surface area contributed by atoms with Crippen LogP contribution in [0.3, 0.4) is 0 Å². The minimum absolute atomic E-state index is 0.911. The number of rotatable bonds is 3. The lowest BCUT2D eigenvalue weighted by Gasteiger charge is -2.20. The molecule has 0 aliphatic heterocycles. The number of hydroxylamine groups is 1. The molecule has 0 unspecified atom stereocenters. The van der Waals surface area contributed by atoms with Crippen molar-refractivity contribution >= 4 is 0 Å². The van der Waals surface area contributed by atoms with Crippen molar-refractivity contribution in [1.82, 2.24) is 5.48 Å². The van der Waals surface area contributed by atoms with E-state index in [0.717, 1.165) is 24.3 Å². The highest BCUT2D eigenvalue weighted by molar-refractivity contribution is 4.90. The molecule has 2 rings (SSSR count). The summed E-state index contributed by atoms with van der Waals surface area (Å²) in [4.78, 5) is 4.86. The van der Waals surface area contributed by atoms with E-state index in [4.69, 9.17) is 4.84 Å². The maximum Gasteiger partial charge on any atom is 0.0572 e. The van der Waals surface area contributed by atoms with Crippen LogP contribution in [0.25, 0.3) is 0 Å². The molecular weight excluding hydrogens is 138 g/mol. The van der Waals surface area contributed by atoms with Crippen LogP contribution in [0.5, 0.6) is 0 Å². The highest BCUT2D eigenvalue weighted by Crippen LogP contribution is 2.47. The first-order valence-corrected chi connectivity index (χ1v) is 4.66. The average Bonchev–Trinajstić information content (AvgIpc) is 2.60. The number of nitrogens with one attached hydrogen (secondary N) is 1. The van der Waals surface area contributed by atoms with Crippen LogP contribution in [-0.4, -0.2) is 13.7 Å². The first-order valence-electron chi connectivity index (χ1n) is 4.66. The van der Waals surface area contributed by atoms with E-state index in [0.29, 0.717) is 0 Å². The highest BCUT2D eigenvalue weighted by atomic mass is 16.6. The molecule has 2 nitrogen and oxygen atoms in total. The van der Waals surface area contributed by atoms with Gasteiger partial charge in [0.2, 0.25) is 0 Å². The van der Waals surface area contributed by atoms with Crippen molar-refractivity contribution < 1.29 is 4.84 Å². The number of fused-ring (bicyclic) bond motifs is 2. The van der Waals surface area contributed by atoms with Crippen LogP contribution in [0.4, 0.5) is 0 Å². The second kappa shape index (κ2) is 3.11. The summed E-state index contributed by atoms with van der Waals surface area (Å²) >= 11 is 0. The Morgan fingerprint density at radius 1 is 1.36 bits per heavy atom. The fraction of sp³-hybridized carbons (Fsp3) is 1.00. The first kappa shape index (κ1) is 7.56. The van der Waals surface area contributed by atoms with Gasteiger partial charge in [0.15, 0.2) is 0 Å². The quantitative estimate of drug-likeness (QED) is 0.625. The van der Waals surface area contributed by atoms with Gasteiger partial charge in [-0.3, -0.25) is 0 Å². The molecule has 0 amide bonds. The average molecular weight is 155 g/mol. The van der Waals surface area contributed by atoms with E-state index in [9.17, 15) is 0 Å². The van der Waals surface area contributed by atoms with Crippen LogP contribution < -0.4 is 5.48 Å². The van der Waals surface area contributed by atoms with Crippen molar-refractivity contribution in [2.75, 3.05) is 13.7 Å². The summed E-state index contributed by atoms with van der Waals surface area (Å²) in [6.07, 6.45) is 5.91.